The number of amides is 2. The van der Waals surface area contributed by atoms with Crippen molar-refractivity contribution in [3.63, 3.8) is 0 Å². The number of rotatable bonds is 6. The van der Waals surface area contributed by atoms with E-state index in [1.165, 1.54) is 16.7 Å². The van der Waals surface area contributed by atoms with Gasteiger partial charge in [-0.05, 0) is 24.1 Å². The van der Waals surface area contributed by atoms with Gasteiger partial charge in [0.1, 0.15) is 5.01 Å². The Morgan fingerprint density at radius 1 is 1.24 bits per heavy atom. The topological polar surface area (TPSA) is 104 Å². The second kappa shape index (κ2) is 7.34. The van der Waals surface area contributed by atoms with Crippen LogP contribution in [0, 0.1) is 0 Å². The smallest absolute Gasteiger partial charge is 0.355 e. The number of nitrogens with zero attached hydrogens (tertiary/aromatic N) is 2. The fourth-order valence-corrected chi connectivity index (χ4v) is 2.29. The number of pyridine rings is 1. The Morgan fingerprint density at radius 3 is 2.67 bits per heavy atom. The molecule has 7 nitrogen and oxygen atoms in total. The van der Waals surface area contributed by atoms with Gasteiger partial charge in [0.2, 0.25) is 0 Å². The summed E-state index contributed by atoms with van der Waals surface area (Å²) in [5.74, 6) is -1.07. The van der Waals surface area contributed by atoms with Gasteiger partial charge < -0.3 is 15.7 Å². The van der Waals surface area contributed by atoms with Gasteiger partial charge in [0.25, 0.3) is 0 Å². The van der Waals surface area contributed by atoms with Crippen molar-refractivity contribution in [1.82, 2.24) is 20.6 Å². The van der Waals surface area contributed by atoms with E-state index in [0.717, 1.165) is 12.0 Å². The minimum atomic E-state index is -1.07. The summed E-state index contributed by atoms with van der Waals surface area (Å²) >= 11 is 1.20. The lowest BCUT2D eigenvalue weighted by molar-refractivity contribution is 0.0691. The van der Waals surface area contributed by atoms with E-state index in [2.05, 4.69) is 20.6 Å². The summed E-state index contributed by atoms with van der Waals surface area (Å²) in [5.41, 5.74) is 1.09. The summed E-state index contributed by atoms with van der Waals surface area (Å²) in [6.45, 7) is 0.715. The number of hydrogen-bond acceptors (Lipinski definition) is 5. The molecule has 0 aliphatic rings. The molecule has 0 saturated carbocycles. The van der Waals surface area contributed by atoms with Crippen molar-refractivity contribution < 1.29 is 14.7 Å². The van der Waals surface area contributed by atoms with Crippen LogP contribution < -0.4 is 10.6 Å². The van der Waals surface area contributed by atoms with Gasteiger partial charge >= 0.3 is 12.0 Å². The molecule has 0 aliphatic heterocycles. The summed E-state index contributed by atoms with van der Waals surface area (Å²) in [6, 6.07) is 3.47. The van der Waals surface area contributed by atoms with E-state index >= 15 is 0 Å². The number of carboxylic acid groups (broad SMARTS) is 1. The number of carboxylic acids is 1. The molecule has 0 spiro atoms. The molecule has 0 aromatic carbocycles. The zero-order valence-electron chi connectivity index (χ0n) is 11.1. The lowest BCUT2D eigenvalue weighted by Gasteiger charge is -2.06. The van der Waals surface area contributed by atoms with Crippen LogP contribution in [0.2, 0.25) is 0 Å². The van der Waals surface area contributed by atoms with Crippen LogP contribution >= 0.6 is 11.3 Å². The van der Waals surface area contributed by atoms with Crippen LogP contribution in [0.5, 0.6) is 0 Å². The van der Waals surface area contributed by atoms with Crippen LogP contribution in [-0.4, -0.2) is 33.6 Å². The average molecular weight is 306 g/mol. The first-order chi connectivity index (χ1) is 10.1. The average Bonchev–Trinajstić information content (AvgIpc) is 2.95. The summed E-state index contributed by atoms with van der Waals surface area (Å²) in [7, 11) is 0. The first kappa shape index (κ1) is 14.9. The van der Waals surface area contributed by atoms with Crippen LogP contribution in [0.25, 0.3) is 0 Å². The number of carbonyl (C=O) groups is 2. The molecule has 2 rings (SSSR count). The minimum Gasteiger partial charge on any atom is -0.476 e. The molecule has 3 N–H and O–H groups in total. The second-order valence-electron chi connectivity index (χ2n) is 4.15. The zero-order valence-corrected chi connectivity index (χ0v) is 11.9. The van der Waals surface area contributed by atoms with E-state index in [-0.39, 0.29) is 18.3 Å². The fourth-order valence-electron chi connectivity index (χ4n) is 1.58. The third-order valence-corrected chi connectivity index (χ3v) is 3.47. The standard InChI is InChI=1S/C13H14N4O3S/c18-12(19)10-8-21-11(17-10)7-16-13(20)15-6-3-9-1-4-14-5-2-9/h1-2,4-5,8H,3,6-7H2,(H,18,19)(H2,15,16,20). The van der Waals surface area contributed by atoms with E-state index in [4.69, 9.17) is 5.11 Å². The Bertz CT molecular complexity index is 615. The molecule has 2 heterocycles. The van der Waals surface area contributed by atoms with Crippen molar-refractivity contribution in [3.05, 3.63) is 46.2 Å². The Labute approximate surface area is 125 Å². The molecule has 0 unspecified atom stereocenters. The highest BCUT2D eigenvalue weighted by molar-refractivity contribution is 7.09. The highest BCUT2D eigenvalue weighted by Gasteiger charge is 2.09. The van der Waals surface area contributed by atoms with Gasteiger partial charge in [-0.25, -0.2) is 14.6 Å². The molecule has 0 saturated heterocycles. The summed E-state index contributed by atoms with van der Waals surface area (Å²) in [5, 5.41) is 16.1. The lowest BCUT2D eigenvalue weighted by atomic mass is 10.2. The van der Waals surface area contributed by atoms with Crippen LogP contribution in [0.4, 0.5) is 4.79 Å². The molecule has 21 heavy (non-hydrogen) atoms. The molecule has 0 bridgehead atoms. The van der Waals surface area contributed by atoms with Crippen molar-refractivity contribution in [2.45, 2.75) is 13.0 Å². The molecule has 2 aromatic heterocycles. The number of nitrogens with one attached hydrogen (secondary N) is 2. The largest absolute Gasteiger partial charge is 0.476 e. The third kappa shape index (κ3) is 4.84. The van der Waals surface area contributed by atoms with Gasteiger partial charge in [-0.3, -0.25) is 4.98 Å². The third-order valence-electron chi connectivity index (χ3n) is 2.62. The first-order valence-corrected chi connectivity index (χ1v) is 7.11. The maximum atomic E-state index is 11.6. The van der Waals surface area contributed by atoms with Gasteiger partial charge in [-0.1, -0.05) is 0 Å². The number of aromatic nitrogens is 2. The summed E-state index contributed by atoms with van der Waals surface area (Å²) in [6.07, 6.45) is 4.13. The predicted octanol–water partition coefficient (Wildman–Crippen LogP) is 1.28. The van der Waals surface area contributed by atoms with E-state index in [9.17, 15) is 9.59 Å². The van der Waals surface area contributed by atoms with Gasteiger partial charge in [0, 0.05) is 24.3 Å². The van der Waals surface area contributed by atoms with E-state index in [1.54, 1.807) is 12.4 Å². The highest BCUT2D eigenvalue weighted by atomic mass is 32.1. The van der Waals surface area contributed by atoms with E-state index < -0.39 is 5.97 Å². The van der Waals surface area contributed by atoms with Crippen LogP contribution in [-0.2, 0) is 13.0 Å². The molecule has 0 fully saturated rings. The van der Waals surface area contributed by atoms with Crippen molar-refractivity contribution in [3.8, 4) is 0 Å². The molecular formula is C13H14N4O3S. The van der Waals surface area contributed by atoms with Crippen molar-refractivity contribution in [2.24, 2.45) is 0 Å². The zero-order chi connectivity index (χ0) is 15.1. The van der Waals surface area contributed by atoms with Crippen LogP contribution in [0.15, 0.2) is 29.9 Å². The number of thiazole rings is 1. The van der Waals surface area contributed by atoms with Gasteiger partial charge in [0.05, 0.1) is 6.54 Å². The number of hydrogen-bond donors (Lipinski definition) is 3. The van der Waals surface area contributed by atoms with Gasteiger partial charge in [0.15, 0.2) is 5.69 Å². The lowest BCUT2D eigenvalue weighted by Crippen LogP contribution is -2.36. The van der Waals surface area contributed by atoms with E-state index in [0.29, 0.717) is 11.6 Å². The Hall–Kier alpha value is -2.48. The van der Waals surface area contributed by atoms with Crippen molar-refractivity contribution in [2.75, 3.05) is 6.54 Å². The maximum Gasteiger partial charge on any atom is 0.355 e. The molecule has 0 aliphatic carbocycles. The first-order valence-electron chi connectivity index (χ1n) is 6.23. The second-order valence-corrected chi connectivity index (χ2v) is 5.09. The van der Waals surface area contributed by atoms with Gasteiger partial charge in [-0.2, -0.15) is 0 Å². The number of carbonyl (C=O) groups excluding carboxylic acids is 1. The monoisotopic (exact) mass is 306 g/mol. The SMILES string of the molecule is O=C(NCCc1ccncc1)NCc1nc(C(=O)O)cs1. The molecule has 0 atom stereocenters. The molecular weight excluding hydrogens is 292 g/mol. The minimum absolute atomic E-state index is 0.00473. The summed E-state index contributed by atoms with van der Waals surface area (Å²) < 4.78 is 0. The van der Waals surface area contributed by atoms with Crippen molar-refractivity contribution in [1.29, 1.82) is 0 Å². The molecule has 110 valence electrons. The van der Waals surface area contributed by atoms with Gasteiger partial charge in [-0.15, -0.1) is 11.3 Å². The Balaban J connectivity index is 1.68. The quantitative estimate of drug-likeness (QED) is 0.745. The van der Waals surface area contributed by atoms with Crippen LogP contribution in [0.1, 0.15) is 21.1 Å². The van der Waals surface area contributed by atoms with E-state index in [1.807, 2.05) is 12.1 Å². The molecule has 2 amide bonds. The highest BCUT2D eigenvalue weighted by Crippen LogP contribution is 2.09. The molecule has 8 heteroatoms. The fraction of sp³-hybridized carbons (Fsp3) is 0.231. The molecule has 2 aromatic rings. The normalized spacial score (nSPS) is 10.1. The Kier molecular flexibility index (Phi) is 5.22. The number of urea groups is 1. The predicted molar refractivity (Wildman–Crippen MR) is 77.3 cm³/mol. The number of aromatic carboxylic acids is 1. The summed E-state index contributed by atoms with van der Waals surface area (Å²) in [4.78, 5) is 30.0. The molecule has 0 radical (unpaired) electrons. The van der Waals surface area contributed by atoms with Crippen molar-refractivity contribution >= 4 is 23.3 Å². The maximum absolute atomic E-state index is 11.6. The Morgan fingerprint density at radius 2 is 2.00 bits per heavy atom. The van der Waals surface area contributed by atoms with Crippen LogP contribution in [0.3, 0.4) is 0 Å².